The number of hydrogen-bond acceptors (Lipinski definition) is 5. The molecule has 8 nitrogen and oxygen atoms in total. The summed E-state index contributed by atoms with van der Waals surface area (Å²) in [5.74, 6) is 4.30. The average Bonchev–Trinajstić information content (AvgIpc) is 3.26. The van der Waals surface area contributed by atoms with Gasteiger partial charge in [0.25, 0.3) is 0 Å². The molecule has 25 heavy (non-hydrogen) atoms. The van der Waals surface area contributed by atoms with Crippen molar-refractivity contribution in [2.24, 2.45) is 4.99 Å². The first-order valence-corrected chi connectivity index (χ1v) is 8.57. The maximum absolute atomic E-state index is 5.94. The van der Waals surface area contributed by atoms with Crippen molar-refractivity contribution in [2.45, 2.75) is 32.0 Å². The van der Waals surface area contributed by atoms with E-state index in [-0.39, 0.29) is 6.10 Å². The lowest BCUT2D eigenvalue weighted by molar-refractivity contribution is 0.0936. The molecule has 0 spiro atoms. The fourth-order valence-electron chi connectivity index (χ4n) is 3.10. The molecule has 0 radical (unpaired) electrons. The third-order valence-electron chi connectivity index (χ3n) is 4.39. The minimum Gasteiger partial charge on any atom is -0.486 e. The van der Waals surface area contributed by atoms with Gasteiger partial charge in [-0.15, -0.1) is 10.2 Å². The molecule has 1 aromatic heterocycles. The van der Waals surface area contributed by atoms with Crippen LogP contribution in [0, 0.1) is 0 Å². The van der Waals surface area contributed by atoms with Gasteiger partial charge in [-0.1, -0.05) is 12.1 Å². The molecule has 0 saturated carbocycles. The Labute approximate surface area is 146 Å². The molecule has 2 N–H and O–H groups in total. The Morgan fingerprint density at radius 2 is 2.16 bits per heavy atom. The second kappa shape index (κ2) is 7.00. The predicted octanol–water partition coefficient (Wildman–Crippen LogP) is 0.729. The molecule has 2 aliphatic heterocycles. The van der Waals surface area contributed by atoms with Crippen LogP contribution < -0.4 is 20.1 Å². The number of rotatable bonds is 4. The Balaban J connectivity index is 1.28. The van der Waals surface area contributed by atoms with Crippen molar-refractivity contribution in [1.29, 1.82) is 0 Å². The number of aliphatic imine (C=N–C) groups is 1. The highest BCUT2D eigenvalue weighted by Gasteiger charge is 2.21. The number of ether oxygens (including phenoxy) is 2. The fraction of sp³-hybridized carbons (Fsp3) is 0.471. The van der Waals surface area contributed by atoms with E-state index >= 15 is 0 Å². The summed E-state index contributed by atoms with van der Waals surface area (Å²) in [7, 11) is 1.75. The smallest absolute Gasteiger partial charge is 0.191 e. The molecule has 0 saturated heterocycles. The van der Waals surface area contributed by atoms with Crippen LogP contribution in [0.25, 0.3) is 0 Å². The fourth-order valence-corrected chi connectivity index (χ4v) is 3.10. The van der Waals surface area contributed by atoms with E-state index in [1.807, 2.05) is 24.3 Å². The topological polar surface area (TPSA) is 85.6 Å². The summed E-state index contributed by atoms with van der Waals surface area (Å²) in [4.78, 5) is 4.25. The Morgan fingerprint density at radius 3 is 3.04 bits per heavy atom. The predicted molar refractivity (Wildman–Crippen MR) is 92.9 cm³/mol. The number of fused-ring (bicyclic) bond motifs is 2. The van der Waals surface area contributed by atoms with Crippen molar-refractivity contribution in [1.82, 2.24) is 25.4 Å². The van der Waals surface area contributed by atoms with E-state index in [9.17, 15) is 0 Å². The molecular formula is C17H22N6O2. The zero-order chi connectivity index (χ0) is 17.1. The summed E-state index contributed by atoms with van der Waals surface area (Å²) in [6.45, 7) is 2.71. The van der Waals surface area contributed by atoms with E-state index in [0.717, 1.165) is 42.5 Å². The maximum Gasteiger partial charge on any atom is 0.191 e. The Morgan fingerprint density at radius 1 is 1.28 bits per heavy atom. The van der Waals surface area contributed by atoms with Gasteiger partial charge in [-0.05, 0) is 18.6 Å². The van der Waals surface area contributed by atoms with E-state index in [0.29, 0.717) is 25.7 Å². The standard InChI is InChI=1S/C17H22N6O2/c1-18-17(20-10-16-22-21-15-7-4-8-23(15)16)19-9-12-11-24-13-5-2-3-6-14(13)25-12/h2-3,5-6,12H,4,7-11H2,1H3,(H2,18,19,20). The first-order valence-electron chi connectivity index (χ1n) is 8.57. The maximum atomic E-state index is 5.94. The first kappa shape index (κ1) is 15.7. The van der Waals surface area contributed by atoms with Gasteiger partial charge in [0, 0.05) is 20.0 Å². The zero-order valence-electron chi connectivity index (χ0n) is 14.2. The van der Waals surface area contributed by atoms with Gasteiger partial charge in [0.15, 0.2) is 23.3 Å². The number of benzene rings is 1. The summed E-state index contributed by atoms with van der Waals surface area (Å²) in [6.07, 6.45) is 2.09. The molecule has 8 heteroatoms. The van der Waals surface area contributed by atoms with Crippen molar-refractivity contribution in [3.63, 3.8) is 0 Å². The molecule has 1 atom stereocenters. The Kier molecular flexibility index (Phi) is 4.41. The molecular weight excluding hydrogens is 320 g/mol. The quantitative estimate of drug-likeness (QED) is 0.629. The monoisotopic (exact) mass is 342 g/mol. The molecule has 1 unspecified atom stereocenters. The largest absolute Gasteiger partial charge is 0.486 e. The molecule has 0 fully saturated rings. The van der Waals surface area contributed by atoms with Gasteiger partial charge in [-0.25, -0.2) is 0 Å². The highest BCUT2D eigenvalue weighted by atomic mass is 16.6. The van der Waals surface area contributed by atoms with E-state index in [1.54, 1.807) is 7.05 Å². The number of guanidine groups is 1. The number of aromatic nitrogens is 3. The molecule has 132 valence electrons. The molecule has 2 aliphatic rings. The van der Waals surface area contributed by atoms with Crippen LogP contribution in [-0.2, 0) is 19.5 Å². The highest BCUT2D eigenvalue weighted by molar-refractivity contribution is 5.79. The summed E-state index contributed by atoms with van der Waals surface area (Å²) in [5.41, 5.74) is 0. The van der Waals surface area contributed by atoms with Crippen LogP contribution in [0.3, 0.4) is 0 Å². The lowest BCUT2D eigenvalue weighted by atomic mass is 10.2. The first-order chi connectivity index (χ1) is 12.3. The zero-order valence-corrected chi connectivity index (χ0v) is 14.2. The third-order valence-corrected chi connectivity index (χ3v) is 4.39. The van der Waals surface area contributed by atoms with E-state index < -0.39 is 0 Å². The van der Waals surface area contributed by atoms with Gasteiger partial charge >= 0.3 is 0 Å². The van der Waals surface area contributed by atoms with E-state index in [2.05, 4.69) is 30.4 Å². The minimum absolute atomic E-state index is 0.0641. The molecule has 2 aromatic rings. The van der Waals surface area contributed by atoms with Gasteiger partial charge in [0.1, 0.15) is 18.5 Å². The number of aryl methyl sites for hydroxylation is 1. The van der Waals surface area contributed by atoms with Crippen molar-refractivity contribution >= 4 is 5.96 Å². The van der Waals surface area contributed by atoms with E-state index in [1.165, 1.54) is 0 Å². The molecule has 0 aliphatic carbocycles. The highest BCUT2D eigenvalue weighted by Crippen LogP contribution is 2.30. The average molecular weight is 342 g/mol. The summed E-state index contributed by atoms with van der Waals surface area (Å²) in [6, 6.07) is 7.71. The summed E-state index contributed by atoms with van der Waals surface area (Å²) >= 11 is 0. The van der Waals surface area contributed by atoms with Gasteiger partial charge in [0.05, 0.1) is 13.1 Å². The van der Waals surface area contributed by atoms with Gasteiger partial charge < -0.3 is 24.7 Å². The molecule has 1 aromatic carbocycles. The molecule has 0 amide bonds. The SMILES string of the molecule is CN=C(NCc1nnc2n1CCC2)NCC1COc2ccccc2O1. The van der Waals surface area contributed by atoms with Gasteiger partial charge in [0.2, 0.25) is 0 Å². The van der Waals surface area contributed by atoms with E-state index in [4.69, 9.17) is 9.47 Å². The van der Waals surface area contributed by atoms with Crippen molar-refractivity contribution in [2.75, 3.05) is 20.2 Å². The second-order valence-corrected chi connectivity index (χ2v) is 6.09. The van der Waals surface area contributed by atoms with Crippen LogP contribution in [0.4, 0.5) is 0 Å². The van der Waals surface area contributed by atoms with Gasteiger partial charge in [-0.2, -0.15) is 0 Å². The van der Waals surface area contributed by atoms with Crippen LogP contribution in [0.5, 0.6) is 11.5 Å². The number of nitrogens with one attached hydrogen (secondary N) is 2. The number of para-hydroxylation sites is 2. The van der Waals surface area contributed by atoms with Crippen molar-refractivity contribution < 1.29 is 9.47 Å². The third kappa shape index (κ3) is 3.38. The number of nitrogens with zero attached hydrogens (tertiary/aromatic N) is 4. The lowest BCUT2D eigenvalue weighted by Crippen LogP contribution is -2.45. The Bertz CT molecular complexity index is 772. The van der Waals surface area contributed by atoms with Crippen LogP contribution in [0.15, 0.2) is 29.3 Å². The lowest BCUT2D eigenvalue weighted by Gasteiger charge is -2.27. The normalized spacial score (nSPS) is 18.8. The van der Waals surface area contributed by atoms with Crippen molar-refractivity contribution in [3.05, 3.63) is 35.9 Å². The van der Waals surface area contributed by atoms with Gasteiger partial charge in [-0.3, -0.25) is 4.99 Å². The molecule has 3 heterocycles. The second-order valence-electron chi connectivity index (χ2n) is 6.09. The summed E-state index contributed by atoms with van der Waals surface area (Å²) < 4.78 is 13.8. The van der Waals surface area contributed by atoms with Crippen LogP contribution in [-0.4, -0.2) is 47.0 Å². The molecule has 4 rings (SSSR count). The Hall–Kier alpha value is -2.77. The van der Waals surface area contributed by atoms with Crippen LogP contribution >= 0.6 is 0 Å². The summed E-state index contributed by atoms with van der Waals surface area (Å²) in [5, 5.41) is 15.0. The minimum atomic E-state index is -0.0641. The molecule has 0 bridgehead atoms. The van der Waals surface area contributed by atoms with Crippen molar-refractivity contribution in [3.8, 4) is 11.5 Å². The number of hydrogen-bond donors (Lipinski definition) is 2. The van der Waals surface area contributed by atoms with Crippen LogP contribution in [0.2, 0.25) is 0 Å². The van der Waals surface area contributed by atoms with Crippen LogP contribution in [0.1, 0.15) is 18.1 Å².